The molecule has 0 unspecified atom stereocenters. The lowest BCUT2D eigenvalue weighted by molar-refractivity contribution is 0.310. The highest BCUT2D eigenvalue weighted by atomic mass is 16.5. The van der Waals surface area contributed by atoms with Crippen molar-refractivity contribution in [1.82, 2.24) is 35.6 Å². The normalized spacial score (nSPS) is 11.3. The van der Waals surface area contributed by atoms with Gasteiger partial charge in [-0.05, 0) is 30.7 Å². The number of aryl methyl sites for hydroxylation is 1. The molecule has 1 aromatic carbocycles. The Hall–Kier alpha value is -3.23. The van der Waals surface area contributed by atoms with E-state index in [1.807, 2.05) is 24.3 Å². The topological polar surface area (TPSA) is 125 Å². The average molecular weight is 311 g/mol. The van der Waals surface area contributed by atoms with Crippen molar-refractivity contribution in [1.29, 1.82) is 0 Å². The van der Waals surface area contributed by atoms with Gasteiger partial charge in [-0.15, -0.1) is 10.2 Å². The van der Waals surface area contributed by atoms with Gasteiger partial charge in [0.2, 0.25) is 0 Å². The largest absolute Gasteiger partial charge is 0.494 e. The quantitative estimate of drug-likeness (QED) is 0.471. The van der Waals surface area contributed by atoms with E-state index in [1.165, 1.54) is 0 Å². The fourth-order valence-corrected chi connectivity index (χ4v) is 2.40. The minimum Gasteiger partial charge on any atom is -0.494 e. The number of fused-ring (bicyclic) bond motifs is 2. The molecule has 4 aromatic rings. The van der Waals surface area contributed by atoms with Crippen LogP contribution < -0.4 is 10.4 Å². The SMILES string of the molecule is O=c1[nH]c2cc3cc(OCCCc4nn[nH]n4)ccc3nc2[nH]1. The average Bonchev–Trinajstić information content (AvgIpc) is 3.17. The summed E-state index contributed by atoms with van der Waals surface area (Å²) in [5.74, 6) is 1.43. The fraction of sp³-hybridized carbons (Fsp3) is 0.214. The van der Waals surface area contributed by atoms with E-state index in [9.17, 15) is 4.79 Å². The molecule has 9 heteroatoms. The molecule has 0 spiro atoms. The standard InChI is InChI=1S/C14H13N7O2/c22-14-16-11-7-8-6-9(3-4-10(8)15-13(11)17-14)23-5-1-2-12-18-20-21-19-12/h3-4,6-7H,1-2,5H2,(H2,15,16,17,22)(H,18,19,20,21). The van der Waals surface area contributed by atoms with Crippen molar-refractivity contribution in [3.63, 3.8) is 0 Å². The van der Waals surface area contributed by atoms with Gasteiger partial charge in [-0.2, -0.15) is 5.21 Å². The van der Waals surface area contributed by atoms with Crippen molar-refractivity contribution in [3.05, 3.63) is 40.6 Å². The number of rotatable bonds is 5. The zero-order valence-corrected chi connectivity index (χ0v) is 12.0. The monoisotopic (exact) mass is 311 g/mol. The maximum atomic E-state index is 11.3. The number of hydrogen-bond acceptors (Lipinski definition) is 6. The molecule has 0 saturated heterocycles. The van der Waals surface area contributed by atoms with Gasteiger partial charge in [0.25, 0.3) is 0 Å². The third kappa shape index (κ3) is 2.76. The number of ether oxygens (including phenoxy) is 1. The van der Waals surface area contributed by atoms with Crippen LogP contribution in [0.15, 0.2) is 29.1 Å². The van der Waals surface area contributed by atoms with Crippen LogP contribution in [0.3, 0.4) is 0 Å². The van der Waals surface area contributed by atoms with E-state index >= 15 is 0 Å². The molecule has 0 atom stereocenters. The van der Waals surface area contributed by atoms with Crippen molar-refractivity contribution in [2.75, 3.05) is 6.61 Å². The number of imidazole rings is 1. The molecule has 3 aromatic heterocycles. The number of nitrogens with zero attached hydrogens (tertiary/aromatic N) is 4. The van der Waals surface area contributed by atoms with E-state index in [0.717, 1.165) is 23.1 Å². The molecule has 3 N–H and O–H groups in total. The highest BCUT2D eigenvalue weighted by molar-refractivity contribution is 5.89. The Labute approximate surface area is 129 Å². The fourth-order valence-electron chi connectivity index (χ4n) is 2.40. The van der Waals surface area contributed by atoms with Crippen LogP contribution in [0.1, 0.15) is 12.2 Å². The van der Waals surface area contributed by atoms with Crippen molar-refractivity contribution in [2.45, 2.75) is 12.8 Å². The Kier molecular flexibility index (Phi) is 3.22. The summed E-state index contributed by atoms with van der Waals surface area (Å²) in [5, 5.41) is 14.6. The third-order valence-electron chi connectivity index (χ3n) is 3.47. The number of aromatic amines is 3. The first-order valence-electron chi connectivity index (χ1n) is 7.16. The molecular weight excluding hydrogens is 298 g/mol. The Balaban J connectivity index is 1.49. The van der Waals surface area contributed by atoms with Crippen LogP contribution >= 0.6 is 0 Å². The lowest BCUT2D eigenvalue weighted by atomic mass is 10.2. The van der Waals surface area contributed by atoms with Crippen LogP contribution in [0, 0.1) is 0 Å². The van der Waals surface area contributed by atoms with E-state index in [0.29, 0.717) is 30.0 Å². The lowest BCUT2D eigenvalue weighted by Crippen LogP contribution is -2.00. The number of tetrazole rings is 1. The van der Waals surface area contributed by atoms with Crippen LogP contribution in [0.25, 0.3) is 22.1 Å². The zero-order valence-electron chi connectivity index (χ0n) is 12.0. The van der Waals surface area contributed by atoms with Gasteiger partial charge in [0.05, 0.1) is 17.6 Å². The summed E-state index contributed by atoms with van der Waals surface area (Å²) in [5.41, 5.74) is 1.76. The van der Waals surface area contributed by atoms with E-state index in [-0.39, 0.29) is 5.69 Å². The molecule has 4 rings (SSSR count). The highest BCUT2D eigenvalue weighted by Gasteiger charge is 2.05. The first kappa shape index (κ1) is 13.4. The zero-order chi connectivity index (χ0) is 15.6. The number of benzene rings is 1. The third-order valence-corrected chi connectivity index (χ3v) is 3.47. The van der Waals surface area contributed by atoms with Gasteiger partial charge >= 0.3 is 5.69 Å². The second-order valence-electron chi connectivity index (χ2n) is 5.10. The smallest absolute Gasteiger partial charge is 0.325 e. The summed E-state index contributed by atoms with van der Waals surface area (Å²) in [6.45, 7) is 0.552. The summed E-state index contributed by atoms with van der Waals surface area (Å²) >= 11 is 0. The minimum atomic E-state index is -0.263. The van der Waals surface area contributed by atoms with E-state index in [2.05, 4.69) is 35.6 Å². The maximum absolute atomic E-state index is 11.3. The van der Waals surface area contributed by atoms with Crippen molar-refractivity contribution < 1.29 is 4.74 Å². The molecule has 0 bridgehead atoms. The molecular formula is C14H13N7O2. The van der Waals surface area contributed by atoms with Crippen LogP contribution in [0.5, 0.6) is 5.75 Å². The molecule has 23 heavy (non-hydrogen) atoms. The molecule has 0 fully saturated rings. The van der Waals surface area contributed by atoms with E-state index in [4.69, 9.17) is 4.74 Å². The highest BCUT2D eigenvalue weighted by Crippen LogP contribution is 2.22. The van der Waals surface area contributed by atoms with Crippen LogP contribution in [0.4, 0.5) is 0 Å². The Bertz CT molecular complexity index is 1000. The Morgan fingerprint density at radius 2 is 2.13 bits per heavy atom. The van der Waals surface area contributed by atoms with Crippen molar-refractivity contribution in [2.24, 2.45) is 0 Å². The molecule has 3 heterocycles. The molecule has 116 valence electrons. The summed E-state index contributed by atoms with van der Waals surface area (Å²) in [6, 6.07) is 7.51. The maximum Gasteiger partial charge on any atom is 0.325 e. The van der Waals surface area contributed by atoms with Gasteiger partial charge < -0.3 is 9.72 Å². The number of H-pyrrole nitrogens is 3. The van der Waals surface area contributed by atoms with Crippen molar-refractivity contribution >= 4 is 22.1 Å². The molecule has 0 aliphatic heterocycles. The van der Waals surface area contributed by atoms with E-state index < -0.39 is 0 Å². The molecule has 9 nitrogen and oxygen atoms in total. The molecule has 0 aliphatic carbocycles. The van der Waals surface area contributed by atoms with Crippen molar-refractivity contribution in [3.8, 4) is 5.75 Å². The van der Waals surface area contributed by atoms with Gasteiger partial charge in [0.15, 0.2) is 11.5 Å². The Morgan fingerprint density at radius 3 is 3.00 bits per heavy atom. The van der Waals surface area contributed by atoms with Crippen LogP contribution in [-0.2, 0) is 6.42 Å². The second kappa shape index (κ2) is 5.52. The lowest BCUT2D eigenvalue weighted by Gasteiger charge is -2.06. The molecule has 0 amide bonds. The van der Waals surface area contributed by atoms with Crippen LogP contribution in [0.2, 0.25) is 0 Å². The Morgan fingerprint density at radius 1 is 1.17 bits per heavy atom. The molecule has 0 saturated carbocycles. The van der Waals surface area contributed by atoms with Crippen LogP contribution in [-0.4, -0.2) is 42.2 Å². The predicted octanol–water partition coefficient (Wildman–Crippen LogP) is 0.929. The van der Waals surface area contributed by atoms with Gasteiger partial charge in [-0.25, -0.2) is 9.78 Å². The predicted molar refractivity (Wildman–Crippen MR) is 82.2 cm³/mol. The number of hydrogen-bond donors (Lipinski definition) is 3. The van der Waals surface area contributed by atoms with Gasteiger partial charge in [-0.1, -0.05) is 5.21 Å². The van der Waals surface area contributed by atoms with Gasteiger partial charge in [-0.3, -0.25) is 4.98 Å². The molecule has 0 aliphatic rings. The first-order valence-corrected chi connectivity index (χ1v) is 7.16. The minimum absolute atomic E-state index is 0.263. The second-order valence-corrected chi connectivity index (χ2v) is 5.10. The summed E-state index contributed by atoms with van der Waals surface area (Å²) < 4.78 is 5.74. The molecule has 0 radical (unpaired) electrons. The summed E-state index contributed by atoms with van der Waals surface area (Å²) in [4.78, 5) is 21.1. The number of aromatic nitrogens is 7. The summed E-state index contributed by atoms with van der Waals surface area (Å²) in [6.07, 6.45) is 1.50. The number of pyridine rings is 1. The first-order chi connectivity index (χ1) is 11.3. The van der Waals surface area contributed by atoms with Gasteiger partial charge in [0, 0.05) is 11.8 Å². The van der Waals surface area contributed by atoms with Gasteiger partial charge in [0.1, 0.15) is 5.75 Å². The summed E-state index contributed by atoms with van der Waals surface area (Å²) in [7, 11) is 0. The number of nitrogens with one attached hydrogen (secondary N) is 3. The van der Waals surface area contributed by atoms with E-state index in [1.54, 1.807) is 0 Å².